The summed E-state index contributed by atoms with van der Waals surface area (Å²) in [7, 11) is -7.84. The van der Waals surface area contributed by atoms with Gasteiger partial charge in [0.05, 0.1) is 18.2 Å². The van der Waals surface area contributed by atoms with E-state index in [0.717, 1.165) is 12.5 Å². The number of anilines is 1. The number of halogens is 1. The van der Waals surface area contributed by atoms with Crippen molar-refractivity contribution in [3.8, 4) is 0 Å². The van der Waals surface area contributed by atoms with Crippen LogP contribution in [0.25, 0.3) is 0 Å². The van der Waals surface area contributed by atoms with Gasteiger partial charge < -0.3 is 0 Å². The van der Waals surface area contributed by atoms with Crippen LogP contribution in [0.2, 0.25) is 0 Å². The first-order valence-electron chi connectivity index (χ1n) is 5.36. The molecule has 0 unspecified atom stereocenters. The summed E-state index contributed by atoms with van der Waals surface area (Å²) in [4.78, 5) is 3.89. The first-order chi connectivity index (χ1) is 8.53. The maximum Gasteiger partial charge on any atom is 0.245 e. The molecule has 0 spiro atoms. The highest BCUT2D eigenvalue weighted by Gasteiger charge is 2.28. The lowest BCUT2D eigenvalue weighted by Crippen LogP contribution is -2.35. The monoisotopic (exact) mass is 372 g/mol. The molecular weight excluding hydrogens is 356 g/mol. The van der Waals surface area contributed by atoms with Gasteiger partial charge in [-0.3, -0.25) is 0 Å². The van der Waals surface area contributed by atoms with E-state index in [0.29, 0.717) is 13.9 Å². The zero-order valence-electron chi connectivity index (χ0n) is 11.4. The molecule has 0 saturated heterocycles. The molecule has 0 N–H and O–H groups in total. The zero-order chi connectivity index (χ0) is 15.4. The highest BCUT2D eigenvalue weighted by molar-refractivity contribution is 9.10. The number of rotatable bonds is 3. The first kappa shape index (κ1) is 18.3. The Kier molecular flexibility index (Phi) is 6.43. The van der Waals surface area contributed by atoms with Crippen LogP contribution >= 0.6 is 15.9 Å². The highest BCUT2D eigenvalue weighted by Crippen LogP contribution is 2.26. The van der Waals surface area contributed by atoms with Gasteiger partial charge in [0.1, 0.15) is 4.60 Å². The molecule has 1 aromatic rings. The highest BCUT2D eigenvalue weighted by atomic mass is 79.9. The predicted octanol–water partition coefficient (Wildman–Crippen LogP) is 1.90. The van der Waals surface area contributed by atoms with E-state index >= 15 is 0 Å². The molecule has 0 aliphatic rings. The maximum atomic E-state index is 11.6. The Hall–Kier alpha value is -0.670. The second-order valence-corrected chi connectivity index (χ2v) is 8.22. The standard InChI is InChI=1S/C8H11BrN2O4S2.C2H6/c1-6-5-10-8(9)4-7(6)11(16(2,12)13)17(3,14)15;1-2/h4-5H,1-3H3;1-2H3. The number of pyridine rings is 1. The molecule has 1 heterocycles. The summed E-state index contributed by atoms with van der Waals surface area (Å²) in [5.41, 5.74) is 0.515. The molecule has 0 aliphatic carbocycles. The van der Waals surface area contributed by atoms with Crippen molar-refractivity contribution >= 4 is 41.7 Å². The Labute approximate surface area is 123 Å². The molecule has 9 heteroatoms. The topological polar surface area (TPSA) is 84.4 Å². The van der Waals surface area contributed by atoms with Gasteiger partial charge in [0.25, 0.3) is 0 Å². The van der Waals surface area contributed by atoms with Crippen LogP contribution in [0, 0.1) is 6.92 Å². The van der Waals surface area contributed by atoms with Crippen molar-refractivity contribution < 1.29 is 16.8 Å². The van der Waals surface area contributed by atoms with E-state index in [1.165, 1.54) is 12.3 Å². The van der Waals surface area contributed by atoms with E-state index in [1.807, 2.05) is 13.8 Å². The number of sulfonamides is 2. The number of aryl methyl sites for hydroxylation is 1. The van der Waals surface area contributed by atoms with Crippen molar-refractivity contribution in [2.75, 3.05) is 16.2 Å². The third-order valence-corrected chi connectivity index (χ3v) is 5.50. The van der Waals surface area contributed by atoms with E-state index in [9.17, 15) is 16.8 Å². The molecule has 1 aromatic heterocycles. The molecule has 0 radical (unpaired) electrons. The van der Waals surface area contributed by atoms with Crippen LogP contribution in [-0.4, -0.2) is 34.3 Å². The third kappa shape index (κ3) is 5.07. The van der Waals surface area contributed by atoms with Crippen molar-refractivity contribution in [2.45, 2.75) is 20.8 Å². The van der Waals surface area contributed by atoms with Crippen molar-refractivity contribution in [1.29, 1.82) is 0 Å². The molecule has 0 aliphatic heterocycles. The van der Waals surface area contributed by atoms with Gasteiger partial charge in [-0.1, -0.05) is 13.8 Å². The number of aromatic nitrogens is 1. The second-order valence-electron chi connectivity index (χ2n) is 3.52. The Bertz CT molecular complexity index is 609. The lowest BCUT2D eigenvalue weighted by Gasteiger charge is -2.21. The van der Waals surface area contributed by atoms with Gasteiger partial charge in [0, 0.05) is 6.20 Å². The Balaban J connectivity index is 0.00000154. The molecule has 0 bridgehead atoms. The molecule has 0 aromatic carbocycles. The summed E-state index contributed by atoms with van der Waals surface area (Å²) in [6.45, 7) is 5.58. The van der Waals surface area contributed by atoms with Crippen LogP contribution in [0.5, 0.6) is 0 Å². The Morgan fingerprint density at radius 3 is 1.89 bits per heavy atom. The summed E-state index contributed by atoms with van der Waals surface area (Å²) in [6.07, 6.45) is 3.06. The van der Waals surface area contributed by atoms with Crippen molar-refractivity contribution in [3.05, 3.63) is 22.4 Å². The fourth-order valence-electron chi connectivity index (χ4n) is 1.29. The SMILES string of the molecule is CC.Cc1cnc(Br)cc1N(S(C)(=O)=O)S(C)(=O)=O. The first-order valence-corrected chi connectivity index (χ1v) is 9.85. The number of hydrogen-bond donors (Lipinski definition) is 0. The normalized spacial score (nSPS) is 11.5. The maximum absolute atomic E-state index is 11.6. The summed E-state index contributed by atoms with van der Waals surface area (Å²) in [5, 5.41) is 0. The van der Waals surface area contributed by atoms with Crippen LogP contribution in [0.3, 0.4) is 0 Å². The van der Waals surface area contributed by atoms with Crippen LogP contribution in [0.15, 0.2) is 16.9 Å². The van der Waals surface area contributed by atoms with Gasteiger partial charge in [-0.2, -0.15) is 3.71 Å². The van der Waals surface area contributed by atoms with Crippen molar-refractivity contribution in [1.82, 2.24) is 4.98 Å². The van der Waals surface area contributed by atoms with Gasteiger partial charge >= 0.3 is 0 Å². The molecule has 0 atom stereocenters. The molecule has 6 nitrogen and oxygen atoms in total. The molecular formula is C10H17BrN2O4S2. The minimum absolute atomic E-state index is 0.0666. The van der Waals surface area contributed by atoms with Crippen molar-refractivity contribution in [3.63, 3.8) is 0 Å². The molecule has 0 amide bonds. The average molecular weight is 373 g/mol. The summed E-state index contributed by atoms with van der Waals surface area (Å²) in [6, 6.07) is 1.34. The predicted molar refractivity (Wildman–Crippen MR) is 80.2 cm³/mol. The molecule has 0 saturated carbocycles. The molecule has 19 heavy (non-hydrogen) atoms. The summed E-state index contributed by atoms with van der Waals surface area (Å²) < 4.78 is 47.0. The van der Waals surface area contributed by atoms with Gasteiger partial charge in [-0.25, -0.2) is 21.8 Å². The second kappa shape index (κ2) is 6.67. The Morgan fingerprint density at radius 2 is 1.53 bits per heavy atom. The summed E-state index contributed by atoms with van der Waals surface area (Å²) in [5.74, 6) is 0. The number of nitrogens with zero attached hydrogens (tertiary/aromatic N) is 2. The quantitative estimate of drug-likeness (QED) is 0.756. The fraction of sp³-hybridized carbons (Fsp3) is 0.500. The third-order valence-electron chi connectivity index (χ3n) is 1.84. The van der Waals surface area contributed by atoms with E-state index in [-0.39, 0.29) is 5.69 Å². The lowest BCUT2D eigenvalue weighted by molar-refractivity contribution is 0.590. The largest absolute Gasteiger partial charge is 0.249 e. The minimum atomic E-state index is -3.92. The van der Waals surface area contributed by atoms with E-state index in [1.54, 1.807) is 6.92 Å². The van der Waals surface area contributed by atoms with Gasteiger partial charge in [0.15, 0.2) is 0 Å². The van der Waals surface area contributed by atoms with Gasteiger partial charge in [-0.15, -0.1) is 0 Å². The molecule has 110 valence electrons. The summed E-state index contributed by atoms with van der Waals surface area (Å²) >= 11 is 3.07. The smallest absolute Gasteiger partial charge is 0.245 e. The molecule has 1 rings (SSSR count). The van der Waals surface area contributed by atoms with Crippen LogP contribution in [0.4, 0.5) is 5.69 Å². The minimum Gasteiger partial charge on any atom is -0.249 e. The van der Waals surface area contributed by atoms with E-state index < -0.39 is 20.0 Å². The van der Waals surface area contributed by atoms with Gasteiger partial charge in [-0.05, 0) is 34.5 Å². The van der Waals surface area contributed by atoms with Crippen LogP contribution in [0.1, 0.15) is 19.4 Å². The van der Waals surface area contributed by atoms with Crippen LogP contribution in [-0.2, 0) is 20.0 Å². The van der Waals surface area contributed by atoms with E-state index in [2.05, 4.69) is 20.9 Å². The van der Waals surface area contributed by atoms with Gasteiger partial charge in [0.2, 0.25) is 20.0 Å². The van der Waals surface area contributed by atoms with Crippen molar-refractivity contribution in [2.24, 2.45) is 0 Å². The number of hydrogen-bond acceptors (Lipinski definition) is 5. The van der Waals surface area contributed by atoms with Crippen LogP contribution < -0.4 is 3.71 Å². The average Bonchev–Trinajstić information content (AvgIpc) is 2.22. The molecule has 0 fully saturated rings. The lowest BCUT2D eigenvalue weighted by atomic mass is 10.3. The Morgan fingerprint density at radius 1 is 1.11 bits per heavy atom. The zero-order valence-corrected chi connectivity index (χ0v) is 14.6. The fourth-order valence-corrected chi connectivity index (χ4v) is 4.68. The van der Waals surface area contributed by atoms with E-state index in [4.69, 9.17) is 0 Å².